The first-order valence-electron chi connectivity index (χ1n) is 9.11. The largest absolute Gasteiger partial charge is 0.426 e. The number of carbonyl (C=O) groups excluding carboxylic acids is 2. The highest BCUT2D eigenvalue weighted by molar-refractivity contribution is 6.05. The monoisotopic (exact) mass is 396 g/mol. The lowest BCUT2D eigenvalue weighted by Gasteiger charge is -2.07. The van der Waals surface area contributed by atoms with Crippen LogP contribution in [0.2, 0.25) is 0 Å². The Labute approximate surface area is 171 Å². The van der Waals surface area contributed by atoms with Crippen LogP contribution in [0.4, 0.5) is 5.69 Å². The van der Waals surface area contributed by atoms with E-state index in [2.05, 4.69) is 10.3 Å². The van der Waals surface area contributed by atoms with Crippen molar-refractivity contribution in [2.75, 3.05) is 5.32 Å². The molecule has 0 aliphatic heterocycles. The van der Waals surface area contributed by atoms with Crippen LogP contribution in [-0.4, -0.2) is 26.6 Å². The molecule has 0 unspecified atom stereocenters. The van der Waals surface area contributed by atoms with Gasteiger partial charge in [-0.25, -0.2) is 4.98 Å². The number of carbonyl (C=O) groups is 2. The van der Waals surface area contributed by atoms with Gasteiger partial charge in [0, 0.05) is 22.4 Å². The zero-order chi connectivity index (χ0) is 21.3. The van der Waals surface area contributed by atoms with Gasteiger partial charge in [-0.1, -0.05) is 12.1 Å². The summed E-state index contributed by atoms with van der Waals surface area (Å²) in [4.78, 5) is 28.2. The van der Waals surface area contributed by atoms with Gasteiger partial charge in [0.15, 0.2) is 11.6 Å². The number of nitrogens with one attached hydrogen (secondary N) is 1. The van der Waals surface area contributed by atoms with Crippen LogP contribution in [0.25, 0.3) is 22.4 Å². The number of imidazole rings is 1. The van der Waals surface area contributed by atoms with Gasteiger partial charge in [0.25, 0.3) is 5.91 Å². The summed E-state index contributed by atoms with van der Waals surface area (Å²) in [7, 11) is 0. The first kappa shape index (κ1) is 18.9. The molecule has 3 aromatic carbocycles. The Morgan fingerprint density at radius 1 is 1.00 bits per heavy atom. The third-order valence-electron chi connectivity index (χ3n) is 4.71. The van der Waals surface area contributed by atoms with Gasteiger partial charge in [0.2, 0.25) is 0 Å². The number of benzene rings is 3. The smallest absolute Gasteiger partial charge is 0.255 e. The number of Topliss-reactive ketones (excluding diaryl/α,β-unsaturated/α-hetero) is 1. The summed E-state index contributed by atoms with van der Waals surface area (Å²) < 4.78 is 0.945. The molecule has 2 N–H and O–H groups in total. The molecule has 1 heterocycles. The van der Waals surface area contributed by atoms with Gasteiger partial charge in [0.05, 0.1) is 17.1 Å². The maximum absolute atomic E-state index is 12.4. The summed E-state index contributed by atoms with van der Waals surface area (Å²) in [6, 6.07) is 20.2. The van der Waals surface area contributed by atoms with Crippen molar-refractivity contribution in [2.45, 2.75) is 6.92 Å². The average Bonchev–Trinajstić information content (AvgIpc) is 3.10. The molecule has 1 aromatic heterocycles. The van der Waals surface area contributed by atoms with Crippen LogP contribution < -0.4 is 5.32 Å². The molecule has 0 aliphatic rings. The molecule has 7 nitrogen and oxygen atoms in total. The fourth-order valence-corrected chi connectivity index (χ4v) is 3.08. The molecule has 0 fully saturated rings. The number of hydrogen-bond acceptors (Lipinski definition) is 5. The van der Waals surface area contributed by atoms with Crippen molar-refractivity contribution in [3.63, 3.8) is 0 Å². The fourth-order valence-electron chi connectivity index (χ4n) is 3.08. The highest BCUT2D eigenvalue weighted by Crippen LogP contribution is 2.25. The van der Waals surface area contributed by atoms with Crippen molar-refractivity contribution in [1.29, 1.82) is 5.26 Å². The van der Waals surface area contributed by atoms with Crippen molar-refractivity contribution in [1.82, 2.24) is 9.71 Å². The van der Waals surface area contributed by atoms with Crippen LogP contribution in [-0.2, 0) is 0 Å². The standard InChI is InChI=1S/C23H16N4O3/c1-14(28)16-3-5-18(6-4-16)23(29)25-19-9-7-17(8-10-19)22-26-20-11-2-15(13-24)12-21(20)27(22)30/h2-12,30H,1H3,(H,25,29). The molecule has 4 rings (SSSR count). The number of amides is 1. The van der Waals surface area contributed by atoms with Gasteiger partial charge in [0.1, 0.15) is 5.52 Å². The lowest BCUT2D eigenvalue weighted by molar-refractivity contribution is 0.101. The van der Waals surface area contributed by atoms with E-state index in [1.54, 1.807) is 66.7 Å². The predicted octanol–water partition coefficient (Wildman–Crippen LogP) is 4.27. The molecular formula is C23H16N4O3. The molecule has 0 radical (unpaired) electrons. The minimum Gasteiger partial charge on any atom is -0.426 e. The molecule has 0 spiro atoms. The van der Waals surface area contributed by atoms with Crippen LogP contribution in [0.15, 0.2) is 66.7 Å². The molecule has 0 aliphatic carbocycles. The topological polar surface area (TPSA) is 108 Å². The molecule has 146 valence electrons. The second-order valence-electron chi connectivity index (χ2n) is 6.73. The van der Waals surface area contributed by atoms with Gasteiger partial charge in [-0.05, 0) is 61.5 Å². The Hall–Kier alpha value is -4.44. The van der Waals surface area contributed by atoms with Crippen molar-refractivity contribution in [3.8, 4) is 17.5 Å². The van der Waals surface area contributed by atoms with E-state index in [0.29, 0.717) is 44.8 Å². The summed E-state index contributed by atoms with van der Waals surface area (Å²) in [5.41, 5.74) is 3.65. The van der Waals surface area contributed by atoms with Gasteiger partial charge in [-0.3, -0.25) is 9.59 Å². The van der Waals surface area contributed by atoms with Crippen LogP contribution in [0, 0.1) is 11.3 Å². The minimum atomic E-state index is -0.295. The van der Waals surface area contributed by atoms with E-state index in [-0.39, 0.29) is 11.7 Å². The Bertz CT molecular complexity index is 1310. The van der Waals surface area contributed by atoms with Crippen LogP contribution in [0.1, 0.15) is 33.2 Å². The lowest BCUT2D eigenvalue weighted by atomic mass is 10.1. The van der Waals surface area contributed by atoms with Crippen LogP contribution in [0.3, 0.4) is 0 Å². The number of hydrogen-bond donors (Lipinski definition) is 2. The summed E-state index contributed by atoms with van der Waals surface area (Å²) >= 11 is 0. The molecule has 1 amide bonds. The zero-order valence-electron chi connectivity index (χ0n) is 16.0. The van der Waals surface area contributed by atoms with Gasteiger partial charge >= 0.3 is 0 Å². The highest BCUT2D eigenvalue weighted by Gasteiger charge is 2.13. The van der Waals surface area contributed by atoms with E-state index in [1.165, 1.54) is 6.92 Å². The Morgan fingerprint density at radius 3 is 2.30 bits per heavy atom. The zero-order valence-corrected chi connectivity index (χ0v) is 16.0. The molecule has 7 heteroatoms. The van der Waals surface area contributed by atoms with Gasteiger partial charge in [-0.2, -0.15) is 9.99 Å². The van der Waals surface area contributed by atoms with Crippen LogP contribution in [0.5, 0.6) is 0 Å². The van der Waals surface area contributed by atoms with E-state index in [0.717, 1.165) is 4.73 Å². The lowest BCUT2D eigenvalue weighted by Crippen LogP contribution is -2.12. The number of nitriles is 1. The quantitative estimate of drug-likeness (QED) is 0.396. The summed E-state index contributed by atoms with van der Waals surface area (Å²) in [6.07, 6.45) is 0. The van der Waals surface area contributed by atoms with E-state index in [9.17, 15) is 14.8 Å². The van der Waals surface area contributed by atoms with Crippen molar-refractivity contribution in [3.05, 3.63) is 83.4 Å². The number of fused-ring (bicyclic) bond motifs is 1. The number of rotatable bonds is 4. The van der Waals surface area contributed by atoms with Crippen LogP contribution >= 0.6 is 0 Å². The molecule has 0 saturated carbocycles. The Morgan fingerprint density at radius 2 is 1.67 bits per heavy atom. The maximum atomic E-state index is 12.4. The van der Waals surface area contributed by atoms with E-state index < -0.39 is 0 Å². The molecular weight excluding hydrogens is 380 g/mol. The number of nitrogens with zero attached hydrogens (tertiary/aromatic N) is 3. The van der Waals surface area contributed by atoms with E-state index in [4.69, 9.17) is 5.26 Å². The Balaban J connectivity index is 1.55. The summed E-state index contributed by atoms with van der Waals surface area (Å²) in [5, 5.41) is 22.3. The molecule has 4 aromatic rings. The van der Waals surface area contributed by atoms with Crippen molar-refractivity contribution < 1.29 is 14.8 Å². The summed E-state index contributed by atoms with van der Waals surface area (Å²) in [5.74, 6) is -0.0228. The molecule has 0 saturated heterocycles. The van der Waals surface area contributed by atoms with E-state index in [1.807, 2.05) is 6.07 Å². The first-order valence-corrected chi connectivity index (χ1v) is 9.11. The maximum Gasteiger partial charge on any atom is 0.255 e. The minimum absolute atomic E-state index is 0.0590. The average molecular weight is 396 g/mol. The SMILES string of the molecule is CC(=O)c1ccc(C(=O)Nc2ccc(-c3nc4ccc(C#N)cc4n3O)cc2)cc1. The second kappa shape index (κ2) is 7.53. The van der Waals surface area contributed by atoms with Gasteiger partial charge < -0.3 is 10.5 Å². The molecule has 0 bridgehead atoms. The normalized spacial score (nSPS) is 10.5. The fraction of sp³-hybridized carbons (Fsp3) is 0.0435. The van der Waals surface area contributed by atoms with E-state index >= 15 is 0 Å². The van der Waals surface area contributed by atoms with Crippen molar-refractivity contribution >= 4 is 28.4 Å². The highest BCUT2D eigenvalue weighted by atomic mass is 16.5. The van der Waals surface area contributed by atoms with Gasteiger partial charge in [-0.15, -0.1) is 0 Å². The predicted molar refractivity (Wildman–Crippen MR) is 111 cm³/mol. The number of aromatic nitrogens is 2. The van der Waals surface area contributed by atoms with Crippen molar-refractivity contribution in [2.24, 2.45) is 0 Å². The third kappa shape index (κ3) is 3.50. The first-order chi connectivity index (χ1) is 14.5. The number of ketones is 1. The third-order valence-corrected chi connectivity index (χ3v) is 4.71. The molecule has 0 atom stereocenters. The molecule has 30 heavy (non-hydrogen) atoms. The Kier molecular flexibility index (Phi) is 4.74. The summed E-state index contributed by atoms with van der Waals surface area (Å²) in [6.45, 7) is 1.47. The number of anilines is 1. The second-order valence-corrected chi connectivity index (χ2v) is 6.73.